The number of hydrogen-bond acceptors (Lipinski definition) is 5. The topological polar surface area (TPSA) is 69.0 Å². The first-order valence-corrected chi connectivity index (χ1v) is 11.1. The first-order chi connectivity index (χ1) is 15.8. The largest absolute Gasteiger partial charge is 0.493 e. The third-order valence-electron chi connectivity index (χ3n) is 5.81. The smallest absolute Gasteiger partial charge is 0.291 e. The second kappa shape index (κ2) is 8.77. The van der Waals surface area contributed by atoms with Crippen LogP contribution >= 0.6 is 0 Å². The standard InChI is InChI=1S/C27H29NO5/c1-7-10-28-24(18-8-9-19(20(13-18)31-6)32-14-15(2)3)23-25(29)22-17(5)11-16(4)12-21(22)33-26(23)27(28)30/h7-9,11-13,15,24H,1,10,14H2,2-6H3. The van der Waals surface area contributed by atoms with E-state index in [0.29, 0.717) is 40.6 Å². The number of carbonyl (C=O) groups is 1. The molecule has 4 rings (SSSR count). The molecule has 33 heavy (non-hydrogen) atoms. The van der Waals surface area contributed by atoms with Gasteiger partial charge >= 0.3 is 0 Å². The van der Waals surface area contributed by atoms with Crippen molar-refractivity contribution in [3.63, 3.8) is 0 Å². The van der Waals surface area contributed by atoms with Gasteiger partial charge in [-0.1, -0.05) is 32.1 Å². The molecule has 2 heterocycles. The summed E-state index contributed by atoms with van der Waals surface area (Å²) in [7, 11) is 1.57. The van der Waals surface area contributed by atoms with Gasteiger partial charge in [0, 0.05) is 6.54 Å². The van der Waals surface area contributed by atoms with E-state index in [1.165, 1.54) is 0 Å². The highest BCUT2D eigenvalue weighted by Gasteiger charge is 2.42. The molecule has 0 bridgehead atoms. The summed E-state index contributed by atoms with van der Waals surface area (Å²) >= 11 is 0. The van der Waals surface area contributed by atoms with Crippen molar-refractivity contribution in [1.29, 1.82) is 0 Å². The van der Waals surface area contributed by atoms with E-state index < -0.39 is 6.04 Å². The second-order valence-electron chi connectivity index (χ2n) is 8.89. The molecule has 6 heteroatoms. The lowest BCUT2D eigenvalue weighted by atomic mass is 9.96. The minimum Gasteiger partial charge on any atom is -0.493 e. The van der Waals surface area contributed by atoms with Gasteiger partial charge in [0.25, 0.3) is 5.91 Å². The fourth-order valence-electron chi connectivity index (χ4n) is 4.42. The SMILES string of the molecule is C=CCN1C(=O)c2oc3cc(C)cc(C)c3c(=O)c2C1c1ccc(OCC(C)C)c(OC)c1. The summed E-state index contributed by atoms with van der Waals surface area (Å²) in [5.74, 6) is 1.29. The third kappa shape index (κ3) is 3.90. The number of aryl methyl sites for hydroxylation is 2. The number of rotatable bonds is 7. The second-order valence-corrected chi connectivity index (χ2v) is 8.89. The summed E-state index contributed by atoms with van der Waals surface area (Å²) in [4.78, 5) is 28.6. The highest BCUT2D eigenvalue weighted by atomic mass is 16.5. The summed E-state index contributed by atoms with van der Waals surface area (Å²) in [5, 5.41) is 0.501. The molecule has 0 aliphatic carbocycles. The fraction of sp³-hybridized carbons (Fsp3) is 0.333. The number of benzene rings is 2. The Hall–Kier alpha value is -3.54. The van der Waals surface area contributed by atoms with Crippen LogP contribution < -0.4 is 14.9 Å². The number of methoxy groups -OCH3 is 1. The highest BCUT2D eigenvalue weighted by Crippen LogP contribution is 2.41. The van der Waals surface area contributed by atoms with Crippen LogP contribution in [0.1, 0.15) is 52.7 Å². The van der Waals surface area contributed by atoms with Gasteiger partial charge in [-0.15, -0.1) is 6.58 Å². The molecule has 2 aromatic carbocycles. The molecule has 1 aromatic heterocycles. The van der Waals surface area contributed by atoms with E-state index in [1.54, 1.807) is 24.2 Å². The lowest BCUT2D eigenvalue weighted by Crippen LogP contribution is -2.29. The van der Waals surface area contributed by atoms with Crippen molar-refractivity contribution in [1.82, 2.24) is 4.90 Å². The molecule has 1 unspecified atom stereocenters. The van der Waals surface area contributed by atoms with Gasteiger partial charge in [0.15, 0.2) is 16.9 Å². The van der Waals surface area contributed by atoms with E-state index in [4.69, 9.17) is 13.9 Å². The van der Waals surface area contributed by atoms with Crippen molar-refractivity contribution >= 4 is 16.9 Å². The Morgan fingerprint density at radius 2 is 1.91 bits per heavy atom. The van der Waals surface area contributed by atoms with Gasteiger partial charge in [0.05, 0.1) is 30.7 Å². The van der Waals surface area contributed by atoms with Crippen molar-refractivity contribution in [2.45, 2.75) is 33.7 Å². The molecule has 0 N–H and O–H groups in total. The number of ether oxygens (including phenoxy) is 2. The van der Waals surface area contributed by atoms with E-state index >= 15 is 0 Å². The van der Waals surface area contributed by atoms with E-state index in [2.05, 4.69) is 20.4 Å². The minimum absolute atomic E-state index is 0.0865. The molecule has 6 nitrogen and oxygen atoms in total. The average Bonchev–Trinajstić information content (AvgIpc) is 3.04. The predicted molar refractivity (Wildman–Crippen MR) is 128 cm³/mol. The van der Waals surface area contributed by atoms with Crippen LogP contribution in [0.3, 0.4) is 0 Å². The van der Waals surface area contributed by atoms with Crippen LogP contribution in [-0.4, -0.2) is 31.1 Å². The molecular weight excluding hydrogens is 418 g/mol. The Kier molecular flexibility index (Phi) is 6.02. The first-order valence-electron chi connectivity index (χ1n) is 11.1. The molecule has 1 atom stereocenters. The number of amides is 1. The Bertz CT molecular complexity index is 1300. The van der Waals surface area contributed by atoms with Crippen LogP contribution in [0.5, 0.6) is 11.5 Å². The van der Waals surface area contributed by atoms with Crippen LogP contribution in [0, 0.1) is 19.8 Å². The number of carbonyl (C=O) groups excluding carboxylic acids is 1. The first kappa shape index (κ1) is 22.6. The van der Waals surface area contributed by atoms with Crippen molar-refractivity contribution < 1.29 is 18.7 Å². The lowest BCUT2D eigenvalue weighted by Gasteiger charge is -2.24. The van der Waals surface area contributed by atoms with E-state index in [-0.39, 0.29) is 23.6 Å². The summed E-state index contributed by atoms with van der Waals surface area (Å²) in [5.41, 5.74) is 3.12. The van der Waals surface area contributed by atoms with Crippen molar-refractivity contribution in [3.05, 3.63) is 81.2 Å². The van der Waals surface area contributed by atoms with E-state index in [0.717, 1.165) is 16.7 Å². The zero-order valence-electron chi connectivity index (χ0n) is 19.7. The van der Waals surface area contributed by atoms with E-state index in [9.17, 15) is 9.59 Å². The Balaban J connectivity index is 1.92. The van der Waals surface area contributed by atoms with Crippen LogP contribution in [0.4, 0.5) is 0 Å². The molecule has 1 amide bonds. The van der Waals surface area contributed by atoms with Gasteiger partial charge in [-0.2, -0.15) is 0 Å². The molecule has 1 aliphatic rings. The highest BCUT2D eigenvalue weighted by molar-refractivity contribution is 5.99. The van der Waals surface area contributed by atoms with E-state index in [1.807, 2.05) is 38.1 Å². The predicted octanol–water partition coefficient (Wildman–Crippen LogP) is 5.18. The maximum absolute atomic E-state index is 13.7. The van der Waals surface area contributed by atoms with Gasteiger partial charge < -0.3 is 18.8 Å². The zero-order valence-corrected chi connectivity index (χ0v) is 19.7. The van der Waals surface area contributed by atoms with Crippen LogP contribution in [0.25, 0.3) is 11.0 Å². The Morgan fingerprint density at radius 3 is 2.58 bits per heavy atom. The number of hydrogen-bond donors (Lipinski definition) is 0. The molecule has 0 spiro atoms. The summed E-state index contributed by atoms with van der Waals surface area (Å²) in [6.07, 6.45) is 1.65. The quantitative estimate of drug-likeness (QED) is 0.467. The summed E-state index contributed by atoms with van der Waals surface area (Å²) in [6.45, 7) is 12.6. The van der Waals surface area contributed by atoms with Gasteiger partial charge in [-0.25, -0.2) is 0 Å². The van der Waals surface area contributed by atoms with Crippen molar-refractivity contribution in [2.75, 3.05) is 20.3 Å². The van der Waals surface area contributed by atoms with Crippen LogP contribution in [0.15, 0.2) is 52.2 Å². The maximum atomic E-state index is 13.7. The van der Waals surface area contributed by atoms with Crippen molar-refractivity contribution in [3.8, 4) is 11.5 Å². The van der Waals surface area contributed by atoms with Crippen molar-refractivity contribution in [2.24, 2.45) is 5.92 Å². The molecule has 0 radical (unpaired) electrons. The van der Waals surface area contributed by atoms with Crippen LogP contribution in [-0.2, 0) is 0 Å². The molecule has 1 aliphatic heterocycles. The summed E-state index contributed by atoms with van der Waals surface area (Å²) < 4.78 is 17.5. The summed E-state index contributed by atoms with van der Waals surface area (Å²) in [6, 6.07) is 8.65. The van der Waals surface area contributed by atoms with Gasteiger partial charge in [-0.3, -0.25) is 9.59 Å². The van der Waals surface area contributed by atoms with Gasteiger partial charge in [0.1, 0.15) is 5.58 Å². The molecule has 0 saturated carbocycles. The molecular formula is C27H29NO5. The minimum atomic E-state index is -0.611. The molecule has 172 valence electrons. The normalized spacial score (nSPS) is 15.3. The fourth-order valence-corrected chi connectivity index (χ4v) is 4.42. The number of nitrogens with zero attached hydrogens (tertiary/aromatic N) is 1. The lowest BCUT2D eigenvalue weighted by molar-refractivity contribution is 0.0748. The average molecular weight is 448 g/mol. The zero-order chi connectivity index (χ0) is 23.9. The maximum Gasteiger partial charge on any atom is 0.291 e. The monoisotopic (exact) mass is 447 g/mol. The van der Waals surface area contributed by atoms with Gasteiger partial charge in [-0.05, 0) is 54.7 Å². The Morgan fingerprint density at radius 1 is 1.15 bits per heavy atom. The number of fused-ring (bicyclic) bond motifs is 2. The van der Waals surface area contributed by atoms with Crippen LogP contribution in [0.2, 0.25) is 0 Å². The molecule has 0 fully saturated rings. The molecule has 0 saturated heterocycles. The Labute approximate surface area is 193 Å². The van der Waals surface area contributed by atoms with Gasteiger partial charge in [0.2, 0.25) is 5.76 Å². The molecule has 3 aromatic rings. The third-order valence-corrected chi connectivity index (χ3v) is 5.81.